The molecule has 2 aromatic carbocycles. The molecule has 1 atom stereocenters. The van der Waals surface area contributed by atoms with Crippen LogP contribution in [0.3, 0.4) is 0 Å². The van der Waals surface area contributed by atoms with Crippen LogP contribution in [-0.4, -0.2) is 37.4 Å². The molecule has 0 radical (unpaired) electrons. The van der Waals surface area contributed by atoms with Gasteiger partial charge in [0, 0.05) is 24.2 Å². The number of hydrogen-bond donors (Lipinski definition) is 0. The van der Waals surface area contributed by atoms with Crippen molar-refractivity contribution in [2.24, 2.45) is 0 Å². The fraction of sp³-hybridized carbons (Fsp3) is 0.263. The first-order valence-corrected chi connectivity index (χ1v) is 7.76. The average molecular weight is 293 g/mol. The lowest BCUT2D eigenvalue weighted by atomic mass is 9.97. The van der Waals surface area contributed by atoms with E-state index in [-0.39, 0.29) is 6.23 Å². The minimum absolute atomic E-state index is 0.0406. The lowest BCUT2D eigenvalue weighted by molar-refractivity contribution is -0.0219. The number of morpholine rings is 1. The van der Waals surface area contributed by atoms with Crippen molar-refractivity contribution < 1.29 is 9.47 Å². The Morgan fingerprint density at radius 1 is 0.864 bits per heavy atom. The number of rotatable bonds is 2. The molecule has 0 aliphatic carbocycles. The SMILES string of the molecule is C1=C(c2ccccc2)[C@@H](N2CCOCC2)Oc2ccccc21. The standard InChI is InChI=1S/C19H19NO2/c1-2-6-15(7-3-1)17-14-16-8-4-5-9-18(16)22-19(17)20-10-12-21-13-11-20/h1-9,14,19H,10-13H2/t19-/m0/s1. The number of ether oxygens (including phenoxy) is 2. The van der Waals surface area contributed by atoms with E-state index in [0.29, 0.717) is 0 Å². The third-order valence-electron chi connectivity index (χ3n) is 4.22. The molecular weight excluding hydrogens is 274 g/mol. The summed E-state index contributed by atoms with van der Waals surface area (Å²) in [5.41, 5.74) is 3.58. The molecule has 2 heterocycles. The van der Waals surface area contributed by atoms with E-state index in [9.17, 15) is 0 Å². The van der Waals surface area contributed by atoms with Gasteiger partial charge in [-0.05, 0) is 17.7 Å². The van der Waals surface area contributed by atoms with Crippen molar-refractivity contribution in [1.29, 1.82) is 0 Å². The molecule has 2 aliphatic rings. The van der Waals surface area contributed by atoms with Crippen LogP contribution in [0, 0.1) is 0 Å². The highest BCUT2D eigenvalue weighted by Crippen LogP contribution is 2.35. The van der Waals surface area contributed by atoms with Crippen molar-refractivity contribution in [2.45, 2.75) is 6.23 Å². The first-order chi connectivity index (χ1) is 10.9. The number of hydrogen-bond acceptors (Lipinski definition) is 3. The Kier molecular flexibility index (Phi) is 3.67. The Labute approximate surface area is 130 Å². The van der Waals surface area contributed by atoms with Gasteiger partial charge in [-0.25, -0.2) is 0 Å². The molecule has 3 heteroatoms. The molecule has 0 aromatic heterocycles. The molecule has 3 nitrogen and oxygen atoms in total. The number of para-hydroxylation sites is 1. The van der Waals surface area contributed by atoms with Gasteiger partial charge in [-0.1, -0.05) is 48.5 Å². The van der Waals surface area contributed by atoms with Crippen LogP contribution in [-0.2, 0) is 4.74 Å². The quantitative estimate of drug-likeness (QED) is 0.848. The first-order valence-electron chi connectivity index (χ1n) is 7.76. The summed E-state index contributed by atoms with van der Waals surface area (Å²) in [7, 11) is 0. The Bertz CT molecular complexity index is 675. The topological polar surface area (TPSA) is 21.7 Å². The Hall–Kier alpha value is -2.10. The monoisotopic (exact) mass is 293 g/mol. The van der Waals surface area contributed by atoms with E-state index in [2.05, 4.69) is 47.4 Å². The van der Waals surface area contributed by atoms with Crippen LogP contribution in [0.2, 0.25) is 0 Å². The van der Waals surface area contributed by atoms with Crippen LogP contribution in [0.1, 0.15) is 11.1 Å². The summed E-state index contributed by atoms with van der Waals surface area (Å²) < 4.78 is 11.8. The van der Waals surface area contributed by atoms with Gasteiger partial charge in [0.05, 0.1) is 13.2 Å². The molecule has 112 valence electrons. The third-order valence-corrected chi connectivity index (χ3v) is 4.22. The number of benzene rings is 2. The number of nitrogens with zero attached hydrogens (tertiary/aromatic N) is 1. The average Bonchev–Trinajstić information content (AvgIpc) is 2.62. The van der Waals surface area contributed by atoms with Crippen molar-refractivity contribution in [3.8, 4) is 5.75 Å². The molecule has 0 bridgehead atoms. The summed E-state index contributed by atoms with van der Waals surface area (Å²) in [6.45, 7) is 3.33. The van der Waals surface area contributed by atoms with Crippen molar-refractivity contribution in [3.05, 3.63) is 65.7 Å². The van der Waals surface area contributed by atoms with Gasteiger partial charge in [-0.3, -0.25) is 4.90 Å². The molecule has 1 saturated heterocycles. The summed E-state index contributed by atoms with van der Waals surface area (Å²) in [5, 5.41) is 0. The Morgan fingerprint density at radius 2 is 1.59 bits per heavy atom. The fourth-order valence-electron chi connectivity index (χ4n) is 3.07. The third kappa shape index (κ3) is 2.54. The van der Waals surface area contributed by atoms with E-state index in [1.807, 2.05) is 18.2 Å². The summed E-state index contributed by atoms with van der Waals surface area (Å²) in [5.74, 6) is 0.957. The molecule has 22 heavy (non-hydrogen) atoms. The summed E-state index contributed by atoms with van der Waals surface area (Å²) >= 11 is 0. The minimum Gasteiger partial charge on any atom is -0.470 e. The van der Waals surface area contributed by atoms with Crippen LogP contribution >= 0.6 is 0 Å². The van der Waals surface area contributed by atoms with Crippen LogP contribution in [0.4, 0.5) is 0 Å². The lowest BCUT2D eigenvalue weighted by Crippen LogP contribution is -2.47. The molecule has 2 aromatic rings. The van der Waals surface area contributed by atoms with Crippen molar-refractivity contribution in [1.82, 2.24) is 4.90 Å². The minimum atomic E-state index is -0.0406. The fourth-order valence-corrected chi connectivity index (χ4v) is 3.07. The Morgan fingerprint density at radius 3 is 2.41 bits per heavy atom. The second-order valence-corrected chi connectivity index (χ2v) is 5.62. The highest BCUT2D eigenvalue weighted by molar-refractivity contribution is 5.87. The van der Waals surface area contributed by atoms with Crippen molar-refractivity contribution >= 4 is 11.6 Å². The molecule has 0 unspecified atom stereocenters. The van der Waals surface area contributed by atoms with Crippen LogP contribution < -0.4 is 4.74 Å². The predicted octanol–water partition coefficient (Wildman–Crippen LogP) is 3.28. The zero-order chi connectivity index (χ0) is 14.8. The van der Waals surface area contributed by atoms with Gasteiger partial charge in [0.1, 0.15) is 5.75 Å². The zero-order valence-electron chi connectivity index (χ0n) is 12.4. The van der Waals surface area contributed by atoms with Gasteiger partial charge in [-0.15, -0.1) is 0 Å². The zero-order valence-corrected chi connectivity index (χ0v) is 12.4. The highest BCUT2D eigenvalue weighted by Gasteiger charge is 2.30. The largest absolute Gasteiger partial charge is 0.470 e. The molecule has 2 aliphatic heterocycles. The predicted molar refractivity (Wildman–Crippen MR) is 87.6 cm³/mol. The second kappa shape index (κ2) is 5.95. The van der Waals surface area contributed by atoms with E-state index in [4.69, 9.17) is 9.47 Å². The van der Waals surface area contributed by atoms with Crippen LogP contribution in [0.15, 0.2) is 54.6 Å². The molecule has 0 saturated carbocycles. The maximum absolute atomic E-state index is 6.34. The van der Waals surface area contributed by atoms with Crippen LogP contribution in [0.5, 0.6) is 5.75 Å². The molecule has 4 rings (SSSR count). The van der Waals surface area contributed by atoms with E-state index in [1.165, 1.54) is 11.1 Å². The maximum atomic E-state index is 6.34. The normalized spacial score (nSPS) is 21.6. The van der Waals surface area contributed by atoms with Gasteiger partial charge in [0.2, 0.25) is 0 Å². The van der Waals surface area contributed by atoms with E-state index < -0.39 is 0 Å². The molecule has 0 spiro atoms. The maximum Gasteiger partial charge on any atom is 0.179 e. The van der Waals surface area contributed by atoms with Crippen LogP contribution in [0.25, 0.3) is 11.6 Å². The first kappa shape index (κ1) is 13.6. The van der Waals surface area contributed by atoms with Gasteiger partial charge in [0.15, 0.2) is 6.23 Å². The van der Waals surface area contributed by atoms with Crippen molar-refractivity contribution in [2.75, 3.05) is 26.3 Å². The van der Waals surface area contributed by atoms with E-state index in [0.717, 1.165) is 37.6 Å². The van der Waals surface area contributed by atoms with E-state index >= 15 is 0 Å². The van der Waals surface area contributed by atoms with E-state index in [1.54, 1.807) is 0 Å². The lowest BCUT2D eigenvalue weighted by Gasteiger charge is -2.38. The molecule has 0 amide bonds. The molecule has 1 fully saturated rings. The molecular formula is C19H19NO2. The Balaban J connectivity index is 1.76. The van der Waals surface area contributed by atoms with Gasteiger partial charge >= 0.3 is 0 Å². The highest BCUT2D eigenvalue weighted by atomic mass is 16.5. The molecule has 0 N–H and O–H groups in total. The summed E-state index contributed by atoms with van der Waals surface area (Å²) in [4.78, 5) is 2.36. The van der Waals surface area contributed by atoms with Gasteiger partial charge in [0.25, 0.3) is 0 Å². The van der Waals surface area contributed by atoms with Crippen molar-refractivity contribution in [3.63, 3.8) is 0 Å². The summed E-state index contributed by atoms with van der Waals surface area (Å²) in [6.07, 6.45) is 2.22. The smallest absolute Gasteiger partial charge is 0.179 e. The summed E-state index contributed by atoms with van der Waals surface area (Å²) in [6, 6.07) is 18.7. The number of fused-ring (bicyclic) bond motifs is 1. The van der Waals surface area contributed by atoms with Gasteiger partial charge < -0.3 is 9.47 Å². The van der Waals surface area contributed by atoms with Gasteiger partial charge in [-0.2, -0.15) is 0 Å². The second-order valence-electron chi connectivity index (χ2n) is 5.62.